The normalized spacial score (nSPS) is 12.7. The van der Waals surface area contributed by atoms with Crippen LogP contribution in [0.15, 0.2) is 114 Å². The first-order chi connectivity index (χ1) is 26.4. The van der Waals surface area contributed by atoms with Gasteiger partial charge in [-0.2, -0.15) is 5.10 Å². The van der Waals surface area contributed by atoms with Crippen molar-refractivity contribution in [1.29, 1.82) is 0 Å². The number of hydrogen-bond acceptors (Lipinski definition) is 6. The van der Waals surface area contributed by atoms with Crippen LogP contribution in [0.5, 0.6) is 0 Å². The number of amides is 3. The summed E-state index contributed by atoms with van der Waals surface area (Å²) in [6.45, 7) is 6.94. The zero-order chi connectivity index (χ0) is 38.9. The fraction of sp³-hybridized carbons (Fsp3) is 0.209. The third-order valence-electron chi connectivity index (χ3n) is 9.97. The van der Waals surface area contributed by atoms with Crippen molar-refractivity contribution in [3.63, 3.8) is 0 Å². The Morgan fingerprint density at radius 3 is 2.31 bits per heavy atom. The van der Waals surface area contributed by atoms with Crippen molar-refractivity contribution in [3.8, 4) is 5.69 Å². The fourth-order valence-electron chi connectivity index (χ4n) is 6.82. The third kappa shape index (κ3) is 7.63. The van der Waals surface area contributed by atoms with Crippen LogP contribution in [0.3, 0.4) is 0 Å². The highest BCUT2D eigenvalue weighted by molar-refractivity contribution is 7.90. The maximum absolute atomic E-state index is 14.5. The number of aryl methyl sites for hydroxylation is 1. The van der Waals surface area contributed by atoms with E-state index in [1.807, 2.05) is 74.5 Å². The van der Waals surface area contributed by atoms with Crippen molar-refractivity contribution < 1.29 is 22.8 Å². The smallest absolute Gasteiger partial charge is 0.280 e. The maximum Gasteiger partial charge on any atom is 0.280 e. The monoisotopic (exact) mass is 773 g/mol. The second-order valence-electron chi connectivity index (χ2n) is 13.7. The van der Waals surface area contributed by atoms with E-state index in [1.54, 1.807) is 34.9 Å². The van der Waals surface area contributed by atoms with Gasteiger partial charge in [-0.25, -0.2) is 17.8 Å². The molecule has 0 radical (unpaired) electrons. The van der Waals surface area contributed by atoms with E-state index >= 15 is 0 Å². The van der Waals surface area contributed by atoms with Crippen LogP contribution in [-0.4, -0.2) is 53.9 Å². The Bertz CT molecular complexity index is 2570. The van der Waals surface area contributed by atoms with E-state index < -0.39 is 15.9 Å². The Hall–Kier alpha value is -5.78. The Balaban J connectivity index is 1.27. The predicted molar refractivity (Wildman–Crippen MR) is 215 cm³/mol. The highest BCUT2D eigenvalue weighted by atomic mass is 35.5. The van der Waals surface area contributed by atoms with E-state index in [2.05, 4.69) is 4.72 Å². The summed E-state index contributed by atoms with van der Waals surface area (Å²) < 4.78 is 30.5. The number of sulfonamides is 1. The molecule has 1 aromatic heterocycles. The molecule has 0 saturated carbocycles. The van der Waals surface area contributed by atoms with Gasteiger partial charge < -0.3 is 9.80 Å². The lowest BCUT2D eigenvalue weighted by Gasteiger charge is -2.29. The van der Waals surface area contributed by atoms with E-state index in [1.165, 1.54) is 35.0 Å². The molecule has 10 nitrogen and oxygen atoms in total. The number of carbonyl (C=O) groups is 3. The molecule has 0 fully saturated rings. The Labute approximate surface area is 325 Å². The first-order valence-corrected chi connectivity index (χ1v) is 20.0. The summed E-state index contributed by atoms with van der Waals surface area (Å²) in [5.41, 5.74) is 4.69. The minimum Gasteiger partial charge on any atom is -0.334 e. The molecule has 1 aliphatic rings. The lowest BCUT2D eigenvalue weighted by Crippen LogP contribution is -2.37. The summed E-state index contributed by atoms with van der Waals surface area (Å²) in [5, 5.41) is 6.39. The van der Waals surface area contributed by atoms with E-state index in [4.69, 9.17) is 16.7 Å². The lowest BCUT2D eigenvalue weighted by molar-refractivity contribution is 0.0734. The van der Waals surface area contributed by atoms with Gasteiger partial charge in [0.2, 0.25) is 0 Å². The largest absolute Gasteiger partial charge is 0.334 e. The number of carbonyl (C=O) groups excluding carboxylic acids is 3. The van der Waals surface area contributed by atoms with Crippen LogP contribution in [0.1, 0.15) is 73.4 Å². The minimum absolute atomic E-state index is 0.0180. The number of aromatic nitrogens is 2. The Morgan fingerprint density at radius 2 is 1.56 bits per heavy atom. The van der Waals surface area contributed by atoms with E-state index in [9.17, 15) is 22.8 Å². The van der Waals surface area contributed by atoms with Crippen LogP contribution < -0.4 is 9.62 Å². The summed E-state index contributed by atoms with van der Waals surface area (Å²) in [5.74, 6) is -1.69. The summed E-state index contributed by atoms with van der Waals surface area (Å²) in [7, 11) is -4.28. The van der Waals surface area contributed by atoms with Crippen LogP contribution in [0, 0.1) is 13.8 Å². The van der Waals surface area contributed by atoms with Gasteiger partial charge in [0.15, 0.2) is 5.69 Å². The molecule has 0 aliphatic carbocycles. The molecule has 280 valence electrons. The Morgan fingerprint density at radius 1 is 0.855 bits per heavy atom. The topological polar surface area (TPSA) is 122 Å². The minimum atomic E-state index is -4.28. The molecule has 1 N–H and O–H groups in total. The van der Waals surface area contributed by atoms with Crippen molar-refractivity contribution in [3.05, 3.63) is 153 Å². The summed E-state index contributed by atoms with van der Waals surface area (Å²) in [6.07, 6.45) is 2.26. The van der Waals surface area contributed by atoms with Crippen molar-refractivity contribution >= 4 is 55.8 Å². The average Bonchev–Trinajstić information content (AvgIpc) is 3.50. The maximum atomic E-state index is 14.5. The molecule has 5 aromatic carbocycles. The van der Waals surface area contributed by atoms with Crippen molar-refractivity contribution in [2.45, 2.75) is 51.5 Å². The average molecular weight is 774 g/mol. The van der Waals surface area contributed by atoms with Crippen LogP contribution in [0.2, 0.25) is 5.02 Å². The molecule has 3 amide bonds. The van der Waals surface area contributed by atoms with Crippen LogP contribution >= 0.6 is 11.6 Å². The molecule has 0 unspecified atom stereocenters. The quantitative estimate of drug-likeness (QED) is 0.150. The van der Waals surface area contributed by atoms with Gasteiger partial charge in [0.05, 0.1) is 26.9 Å². The first-order valence-electron chi connectivity index (χ1n) is 18.1. The van der Waals surface area contributed by atoms with Gasteiger partial charge in [-0.05, 0) is 91.1 Å². The van der Waals surface area contributed by atoms with Crippen LogP contribution in [0.4, 0.5) is 5.69 Å². The van der Waals surface area contributed by atoms with Gasteiger partial charge in [0.1, 0.15) is 0 Å². The highest BCUT2D eigenvalue weighted by Gasteiger charge is 2.30. The molecule has 0 saturated heterocycles. The van der Waals surface area contributed by atoms with Crippen molar-refractivity contribution in [1.82, 2.24) is 19.4 Å². The molecule has 2 heterocycles. The molecular formula is C43H40ClN5O5S. The highest BCUT2D eigenvalue weighted by Crippen LogP contribution is 2.30. The van der Waals surface area contributed by atoms with Crippen molar-refractivity contribution in [2.75, 3.05) is 18.0 Å². The number of fused-ring (bicyclic) bond motifs is 2. The number of rotatable bonds is 10. The second-order valence-corrected chi connectivity index (χ2v) is 15.8. The molecule has 7 rings (SSSR count). The Kier molecular flexibility index (Phi) is 10.6. The number of halogens is 1. The molecule has 1 aliphatic heterocycles. The summed E-state index contributed by atoms with van der Waals surface area (Å²) in [4.78, 5) is 45.6. The van der Waals surface area contributed by atoms with Gasteiger partial charge in [-0.1, -0.05) is 97.2 Å². The van der Waals surface area contributed by atoms with Crippen LogP contribution in [0.25, 0.3) is 16.5 Å². The molecule has 0 atom stereocenters. The van der Waals surface area contributed by atoms with Gasteiger partial charge in [0.25, 0.3) is 27.7 Å². The second kappa shape index (κ2) is 15.5. The molecule has 0 spiro atoms. The number of anilines is 1. The SMILES string of the molecule is CCCCN(C(=O)c1nn(-c2ccc(C(=O)NS(=O)(=O)c3ccc4ccccc4c3)cc2C(=O)N2CCc3ccccc3C2)c(C)c1Cl)c1ccc(C)cc1. The fourth-order valence-corrected chi connectivity index (χ4v) is 8.03. The third-order valence-corrected chi connectivity index (χ3v) is 11.7. The lowest BCUT2D eigenvalue weighted by atomic mass is 9.98. The van der Waals surface area contributed by atoms with Gasteiger partial charge in [0, 0.05) is 30.9 Å². The summed E-state index contributed by atoms with van der Waals surface area (Å²) in [6, 6.07) is 31.8. The standard InChI is InChI=1S/C43H40ClN5O5S/c1-4-5-23-48(35-18-14-28(2)15-19-35)43(52)40-39(44)29(3)49(45-40)38-21-17-33(26-37(38)42(51)47-24-22-31-11-7-9-13-34(31)27-47)41(50)46-55(53,54)36-20-16-30-10-6-8-12-32(30)25-36/h6-21,25-26H,4-5,22-24,27H2,1-3H3,(H,46,50). The van der Waals surface area contributed by atoms with Crippen molar-refractivity contribution in [2.24, 2.45) is 0 Å². The molecule has 6 aromatic rings. The van der Waals surface area contributed by atoms with Gasteiger partial charge >= 0.3 is 0 Å². The zero-order valence-electron chi connectivity index (χ0n) is 30.8. The zero-order valence-corrected chi connectivity index (χ0v) is 32.3. The predicted octanol–water partition coefficient (Wildman–Crippen LogP) is 8.06. The molecule has 12 heteroatoms. The number of unbranched alkanes of at least 4 members (excludes halogenated alkanes) is 1. The van der Waals surface area contributed by atoms with E-state index in [0.717, 1.165) is 34.9 Å². The molecule has 55 heavy (non-hydrogen) atoms. The van der Waals surface area contributed by atoms with Crippen LogP contribution in [-0.2, 0) is 23.0 Å². The summed E-state index contributed by atoms with van der Waals surface area (Å²) >= 11 is 6.88. The number of benzene rings is 5. The molecule has 0 bridgehead atoms. The van der Waals surface area contributed by atoms with E-state index in [-0.39, 0.29) is 44.2 Å². The first kappa shape index (κ1) is 37.5. The number of hydrogen-bond donors (Lipinski definition) is 1. The van der Waals surface area contributed by atoms with Gasteiger partial charge in [-0.3, -0.25) is 14.4 Å². The number of nitrogens with one attached hydrogen (secondary N) is 1. The van der Waals surface area contributed by atoms with Gasteiger partial charge in [-0.15, -0.1) is 0 Å². The van der Waals surface area contributed by atoms with E-state index in [0.29, 0.717) is 42.8 Å². The number of nitrogens with zero attached hydrogens (tertiary/aromatic N) is 4. The molecular weight excluding hydrogens is 734 g/mol.